The van der Waals surface area contributed by atoms with Crippen molar-refractivity contribution in [3.05, 3.63) is 30.1 Å². The summed E-state index contributed by atoms with van der Waals surface area (Å²) in [6, 6.07) is 6.18. The van der Waals surface area contributed by atoms with E-state index >= 15 is 0 Å². The molecule has 4 N–H and O–H groups in total. The smallest absolute Gasteiger partial charge is 0.158 e. The first-order valence-electron chi connectivity index (χ1n) is 3.69. The summed E-state index contributed by atoms with van der Waals surface area (Å²) >= 11 is 0. The second kappa shape index (κ2) is 6.04. The molecule has 78 valence electrons. The highest BCUT2D eigenvalue weighted by Gasteiger charge is 1.99. The molecular formula is C8H11ClFN3O. The van der Waals surface area contributed by atoms with Crippen LogP contribution in [-0.2, 0) is 0 Å². The van der Waals surface area contributed by atoms with Gasteiger partial charge < -0.3 is 16.3 Å². The van der Waals surface area contributed by atoms with Crippen LogP contribution in [0.2, 0.25) is 0 Å². The lowest BCUT2D eigenvalue weighted by Gasteiger charge is -2.05. The number of nitrogens with one attached hydrogen (secondary N) is 1. The second-order valence-corrected chi connectivity index (χ2v) is 2.42. The fourth-order valence-electron chi connectivity index (χ4n) is 0.826. The molecule has 0 atom stereocenters. The van der Waals surface area contributed by atoms with Gasteiger partial charge in [-0.3, -0.25) is 0 Å². The van der Waals surface area contributed by atoms with Crippen molar-refractivity contribution >= 4 is 23.9 Å². The molecule has 0 saturated heterocycles. The molecule has 1 rings (SSSR count). The van der Waals surface area contributed by atoms with E-state index < -0.39 is 0 Å². The van der Waals surface area contributed by atoms with Gasteiger partial charge in [-0.05, 0) is 12.1 Å². The molecule has 0 heterocycles. The van der Waals surface area contributed by atoms with Gasteiger partial charge in [0.25, 0.3) is 0 Å². The predicted octanol–water partition coefficient (Wildman–Crippen LogP) is 1.41. The number of para-hydroxylation sites is 1. The van der Waals surface area contributed by atoms with E-state index in [0.717, 1.165) is 0 Å². The van der Waals surface area contributed by atoms with Gasteiger partial charge in [-0.15, -0.1) is 12.4 Å². The number of oxime groups is 1. The summed E-state index contributed by atoms with van der Waals surface area (Å²) < 4.78 is 12.9. The fraction of sp³-hybridized carbons (Fsp3) is 0.125. The Balaban J connectivity index is 0.00000169. The Kier molecular flexibility index (Phi) is 5.40. The maximum atomic E-state index is 12.9. The Labute approximate surface area is 87.0 Å². The van der Waals surface area contributed by atoms with Gasteiger partial charge in [0.05, 0.1) is 12.2 Å². The van der Waals surface area contributed by atoms with Gasteiger partial charge in [0.2, 0.25) is 0 Å². The quantitative estimate of drug-likeness (QED) is 0.312. The predicted molar refractivity (Wildman–Crippen MR) is 55.5 cm³/mol. The van der Waals surface area contributed by atoms with Crippen LogP contribution < -0.4 is 11.1 Å². The molecule has 0 amide bonds. The molecule has 0 unspecified atom stereocenters. The van der Waals surface area contributed by atoms with Crippen LogP contribution in [0.1, 0.15) is 0 Å². The number of amidine groups is 1. The third-order valence-electron chi connectivity index (χ3n) is 1.46. The number of nitrogens with zero attached hydrogens (tertiary/aromatic N) is 1. The summed E-state index contributed by atoms with van der Waals surface area (Å²) in [6.45, 7) is 0.109. The lowest BCUT2D eigenvalue weighted by Crippen LogP contribution is -2.22. The molecule has 14 heavy (non-hydrogen) atoms. The zero-order chi connectivity index (χ0) is 9.68. The van der Waals surface area contributed by atoms with Gasteiger partial charge >= 0.3 is 0 Å². The van der Waals surface area contributed by atoms with Gasteiger partial charge in [0.15, 0.2) is 5.84 Å². The molecule has 0 spiro atoms. The van der Waals surface area contributed by atoms with Crippen molar-refractivity contribution in [1.29, 1.82) is 0 Å². The minimum atomic E-state index is -0.367. The molecule has 6 heteroatoms. The van der Waals surface area contributed by atoms with Crippen molar-refractivity contribution in [3.63, 3.8) is 0 Å². The molecule has 0 fully saturated rings. The molecule has 0 aromatic heterocycles. The van der Waals surface area contributed by atoms with Crippen molar-refractivity contribution in [2.24, 2.45) is 10.9 Å². The molecule has 0 aliphatic rings. The number of hydrogen-bond donors (Lipinski definition) is 3. The molecule has 0 radical (unpaired) electrons. The molecule has 0 aliphatic heterocycles. The summed E-state index contributed by atoms with van der Waals surface area (Å²) in [4.78, 5) is 0. The molecule has 4 nitrogen and oxygen atoms in total. The minimum absolute atomic E-state index is 0. The summed E-state index contributed by atoms with van der Waals surface area (Å²) in [7, 11) is 0. The maximum absolute atomic E-state index is 12.9. The molecular weight excluding hydrogens is 209 g/mol. The minimum Gasteiger partial charge on any atom is -0.409 e. The monoisotopic (exact) mass is 219 g/mol. The highest BCUT2D eigenvalue weighted by Crippen LogP contribution is 2.11. The van der Waals surface area contributed by atoms with E-state index in [1.165, 1.54) is 6.07 Å². The van der Waals surface area contributed by atoms with Crippen LogP contribution in [0.25, 0.3) is 0 Å². The topological polar surface area (TPSA) is 70.6 Å². The van der Waals surface area contributed by atoms with Crippen LogP contribution in [0.5, 0.6) is 0 Å². The lowest BCUT2D eigenvalue weighted by molar-refractivity contribution is 0.317. The number of rotatable bonds is 3. The second-order valence-electron chi connectivity index (χ2n) is 2.42. The van der Waals surface area contributed by atoms with Gasteiger partial charge in [0.1, 0.15) is 5.82 Å². The highest BCUT2D eigenvalue weighted by atomic mass is 35.5. The Morgan fingerprint density at radius 2 is 2.14 bits per heavy atom. The molecule has 1 aromatic rings. The molecule has 1 aromatic carbocycles. The number of nitrogens with two attached hydrogens (primary N) is 1. The van der Waals surface area contributed by atoms with E-state index in [2.05, 4.69) is 10.5 Å². The van der Waals surface area contributed by atoms with Crippen molar-refractivity contribution in [1.82, 2.24) is 0 Å². The standard InChI is InChI=1S/C8H10FN3O.ClH/c9-6-3-1-2-4-7(6)11-5-8(10)12-13;/h1-4,11,13H,5H2,(H2,10,12);1H. The van der Waals surface area contributed by atoms with E-state index in [0.29, 0.717) is 5.69 Å². The average molecular weight is 220 g/mol. The van der Waals surface area contributed by atoms with Crippen LogP contribution in [-0.4, -0.2) is 17.6 Å². The zero-order valence-electron chi connectivity index (χ0n) is 7.27. The molecule has 0 aliphatic carbocycles. The Morgan fingerprint density at radius 1 is 1.50 bits per heavy atom. The van der Waals surface area contributed by atoms with Crippen LogP contribution >= 0.6 is 12.4 Å². The van der Waals surface area contributed by atoms with Crippen molar-refractivity contribution < 1.29 is 9.60 Å². The third kappa shape index (κ3) is 3.49. The van der Waals surface area contributed by atoms with Crippen molar-refractivity contribution in [3.8, 4) is 0 Å². The van der Waals surface area contributed by atoms with Gasteiger partial charge in [-0.1, -0.05) is 17.3 Å². The normalized spacial score (nSPS) is 10.5. The van der Waals surface area contributed by atoms with Crippen LogP contribution in [0.15, 0.2) is 29.4 Å². The largest absolute Gasteiger partial charge is 0.409 e. The van der Waals surface area contributed by atoms with Gasteiger partial charge in [-0.25, -0.2) is 4.39 Å². The van der Waals surface area contributed by atoms with Crippen molar-refractivity contribution in [2.45, 2.75) is 0 Å². The number of benzene rings is 1. The Bertz CT molecular complexity index is 319. The first-order valence-corrected chi connectivity index (χ1v) is 3.69. The van der Waals surface area contributed by atoms with Crippen molar-refractivity contribution in [2.75, 3.05) is 11.9 Å². The number of hydrogen-bond acceptors (Lipinski definition) is 3. The fourth-order valence-corrected chi connectivity index (χ4v) is 0.826. The van der Waals surface area contributed by atoms with E-state index in [1.54, 1.807) is 18.2 Å². The number of anilines is 1. The van der Waals surface area contributed by atoms with Gasteiger partial charge in [-0.2, -0.15) is 0 Å². The first kappa shape index (κ1) is 12.5. The Morgan fingerprint density at radius 3 is 2.71 bits per heavy atom. The SMILES string of the molecule is Cl.NC(CNc1ccccc1F)=NO. The summed E-state index contributed by atoms with van der Waals surface area (Å²) in [6.07, 6.45) is 0. The Hall–Kier alpha value is -1.49. The van der Waals surface area contributed by atoms with E-state index in [9.17, 15) is 4.39 Å². The lowest BCUT2D eigenvalue weighted by atomic mass is 10.3. The zero-order valence-corrected chi connectivity index (χ0v) is 8.09. The van der Waals surface area contributed by atoms with Crippen LogP contribution in [0.3, 0.4) is 0 Å². The van der Waals surface area contributed by atoms with E-state index in [1.807, 2.05) is 0 Å². The van der Waals surface area contributed by atoms with E-state index in [4.69, 9.17) is 10.9 Å². The van der Waals surface area contributed by atoms with Crippen LogP contribution in [0.4, 0.5) is 10.1 Å². The average Bonchev–Trinajstić information content (AvgIpc) is 2.16. The van der Waals surface area contributed by atoms with E-state index in [-0.39, 0.29) is 30.6 Å². The summed E-state index contributed by atoms with van der Waals surface area (Å²) in [5.74, 6) is -0.364. The maximum Gasteiger partial charge on any atom is 0.158 e. The van der Waals surface area contributed by atoms with Crippen LogP contribution in [0, 0.1) is 5.82 Å². The third-order valence-corrected chi connectivity index (χ3v) is 1.46. The highest BCUT2D eigenvalue weighted by molar-refractivity contribution is 5.85. The first-order chi connectivity index (χ1) is 6.24. The molecule has 0 bridgehead atoms. The number of halogens is 2. The molecule has 0 saturated carbocycles. The summed E-state index contributed by atoms with van der Waals surface area (Å²) in [5.41, 5.74) is 5.51. The summed E-state index contributed by atoms with van der Waals surface area (Å²) in [5, 5.41) is 13.6. The van der Waals surface area contributed by atoms with Gasteiger partial charge in [0, 0.05) is 0 Å².